The Labute approximate surface area is 106 Å². The Morgan fingerprint density at radius 2 is 2.17 bits per heavy atom. The average molecular weight is 256 g/mol. The number of carboxylic acids is 1. The number of carboxylic acid groups (broad SMARTS) is 1. The maximum Gasteiger partial charge on any atom is 0.318 e. The van der Waals surface area contributed by atoms with Crippen molar-refractivity contribution in [1.82, 2.24) is 10.2 Å². The molecule has 18 heavy (non-hydrogen) atoms. The maximum atomic E-state index is 12.1. The van der Waals surface area contributed by atoms with Gasteiger partial charge in [-0.3, -0.25) is 4.79 Å². The molecule has 1 aliphatic carbocycles. The molecule has 1 unspecified atom stereocenters. The average Bonchev–Trinajstić information content (AvgIpc) is 2.26. The molecule has 102 valence electrons. The molecule has 0 bridgehead atoms. The summed E-state index contributed by atoms with van der Waals surface area (Å²) in [6.07, 6.45) is 1.97. The topological polar surface area (TPSA) is 78.9 Å². The largest absolute Gasteiger partial charge is 0.481 e. The number of hydrogen-bond donors (Lipinski definition) is 2. The second-order valence-corrected chi connectivity index (χ2v) is 5.24. The maximum absolute atomic E-state index is 12.1. The summed E-state index contributed by atoms with van der Waals surface area (Å²) in [5, 5.41) is 11.8. The Hall–Kier alpha value is -1.30. The van der Waals surface area contributed by atoms with Gasteiger partial charge in [0.25, 0.3) is 0 Å². The third kappa shape index (κ3) is 3.13. The molecule has 1 saturated carbocycles. The van der Waals surface area contributed by atoms with Crippen molar-refractivity contribution in [2.75, 3.05) is 19.8 Å². The normalized spacial score (nSPS) is 31.6. The van der Waals surface area contributed by atoms with Crippen LogP contribution in [0.5, 0.6) is 0 Å². The van der Waals surface area contributed by atoms with Crippen LogP contribution in [-0.4, -0.2) is 53.8 Å². The van der Waals surface area contributed by atoms with Gasteiger partial charge in [0.05, 0.1) is 25.7 Å². The van der Waals surface area contributed by atoms with E-state index in [-0.39, 0.29) is 24.5 Å². The molecule has 2 amide bonds. The molecule has 0 aromatic rings. The Morgan fingerprint density at radius 3 is 2.78 bits per heavy atom. The molecule has 0 radical (unpaired) electrons. The number of carbonyl (C=O) groups is 2. The molecule has 2 rings (SSSR count). The van der Waals surface area contributed by atoms with Crippen molar-refractivity contribution in [3.8, 4) is 0 Å². The molecule has 2 fully saturated rings. The first-order valence-corrected chi connectivity index (χ1v) is 6.43. The number of hydrogen-bond acceptors (Lipinski definition) is 3. The molecule has 0 aromatic carbocycles. The van der Waals surface area contributed by atoms with Crippen LogP contribution in [0.2, 0.25) is 0 Å². The monoisotopic (exact) mass is 256 g/mol. The van der Waals surface area contributed by atoms with E-state index >= 15 is 0 Å². The van der Waals surface area contributed by atoms with Gasteiger partial charge in [-0.1, -0.05) is 6.92 Å². The van der Waals surface area contributed by atoms with Crippen LogP contribution in [0.1, 0.15) is 26.2 Å². The van der Waals surface area contributed by atoms with E-state index in [0.29, 0.717) is 25.7 Å². The van der Waals surface area contributed by atoms with E-state index in [0.717, 1.165) is 12.8 Å². The molecule has 2 aliphatic rings. The number of ether oxygens (including phenoxy) is 1. The Kier molecular flexibility index (Phi) is 4.06. The molecule has 0 aromatic heterocycles. The molecule has 1 aliphatic heterocycles. The zero-order valence-electron chi connectivity index (χ0n) is 10.6. The summed E-state index contributed by atoms with van der Waals surface area (Å²) in [5.74, 6) is -0.227. The standard InChI is InChI=1S/C12H20N2O4/c1-8-4-9(5-8)13-12(17)14-2-3-18-7-10(14)6-11(15)16/h8-10H,2-7H2,1H3,(H,13,17)(H,15,16). The van der Waals surface area contributed by atoms with Gasteiger partial charge in [0.1, 0.15) is 0 Å². The predicted molar refractivity (Wildman–Crippen MR) is 64.3 cm³/mol. The summed E-state index contributed by atoms with van der Waals surface area (Å²) < 4.78 is 5.24. The van der Waals surface area contributed by atoms with Gasteiger partial charge in [-0.25, -0.2) is 4.79 Å². The number of nitrogens with one attached hydrogen (secondary N) is 1. The van der Waals surface area contributed by atoms with Crippen LogP contribution in [0, 0.1) is 5.92 Å². The molecule has 6 nitrogen and oxygen atoms in total. The highest BCUT2D eigenvalue weighted by molar-refractivity contribution is 5.76. The highest BCUT2D eigenvalue weighted by Crippen LogP contribution is 2.26. The van der Waals surface area contributed by atoms with Crippen LogP contribution in [0.3, 0.4) is 0 Å². The van der Waals surface area contributed by atoms with E-state index < -0.39 is 5.97 Å². The molecule has 1 heterocycles. The Balaban J connectivity index is 1.87. The molecular weight excluding hydrogens is 236 g/mol. The van der Waals surface area contributed by atoms with Gasteiger partial charge >= 0.3 is 12.0 Å². The molecule has 2 N–H and O–H groups in total. The van der Waals surface area contributed by atoms with E-state index in [1.54, 1.807) is 4.90 Å². The quantitative estimate of drug-likeness (QED) is 0.778. The number of morpholine rings is 1. The van der Waals surface area contributed by atoms with Gasteiger partial charge in [-0.05, 0) is 18.8 Å². The minimum atomic E-state index is -0.902. The minimum Gasteiger partial charge on any atom is -0.481 e. The third-order valence-corrected chi connectivity index (χ3v) is 3.60. The lowest BCUT2D eigenvalue weighted by Crippen LogP contribution is -2.56. The summed E-state index contributed by atoms with van der Waals surface area (Å²) in [5.41, 5.74) is 0. The summed E-state index contributed by atoms with van der Waals surface area (Å²) in [7, 11) is 0. The number of amides is 2. The highest BCUT2D eigenvalue weighted by atomic mass is 16.5. The lowest BCUT2D eigenvalue weighted by molar-refractivity contribution is -0.139. The van der Waals surface area contributed by atoms with Gasteiger partial charge in [0.15, 0.2) is 0 Å². The Bertz CT molecular complexity index is 328. The minimum absolute atomic E-state index is 0.0610. The lowest BCUT2D eigenvalue weighted by Gasteiger charge is -2.39. The molecule has 1 atom stereocenters. The fourth-order valence-corrected chi connectivity index (χ4v) is 2.57. The van der Waals surface area contributed by atoms with Crippen molar-refractivity contribution in [2.45, 2.75) is 38.3 Å². The fourth-order valence-electron chi connectivity index (χ4n) is 2.57. The first-order chi connectivity index (χ1) is 8.56. The molecule has 1 saturated heterocycles. The predicted octanol–water partition coefficient (Wildman–Crippen LogP) is 0.670. The first-order valence-electron chi connectivity index (χ1n) is 6.43. The van der Waals surface area contributed by atoms with E-state index in [1.807, 2.05) is 0 Å². The van der Waals surface area contributed by atoms with Gasteiger partial charge < -0.3 is 20.1 Å². The van der Waals surface area contributed by atoms with Gasteiger partial charge in [0.2, 0.25) is 0 Å². The Morgan fingerprint density at radius 1 is 1.44 bits per heavy atom. The molecule has 6 heteroatoms. The molecular formula is C12H20N2O4. The van der Waals surface area contributed by atoms with Gasteiger partial charge in [0, 0.05) is 12.6 Å². The SMILES string of the molecule is CC1CC(NC(=O)N2CCOCC2CC(=O)O)C1. The van der Waals surface area contributed by atoms with Crippen molar-refractivity contribution in [3.63, 3.8) is 0 Å². The number of aliphatic carboxylic acids is 1. The van der Waals surface area contributed by atoms with E-state index in [2.05, 4.69) is 12.2 Å². The first kappa shape index (κ1) is 13.1. The van der Waals surface area contributed by atoms with E-state index in [9.17, 15) is 9.59 Å². The molecule has 0 spiro atoms. The van der Waals surface area contributed by atoms with Crippen LogP contribution >= 0.6 is 0 Å². The second kappa shape index (κ2) is 5.56. The van der Waals surface area contributed by atoms with Crippen LogP contribution in [0.15, 0.2) is 0 Å². The van der Waals surface area contributed by atoms with Crippen molar-refractivity contribution < 1.29 is 19.4 Å². The van der Waals surface area contributed by atoms with Crippen molar-refractivity contribution >= 4 is 12.0 Å². The van der Waals surface area contributed by atoms with Crippen LogP contribution < -0.4 is 5.32 Å². The van der Waals surface area contributed by atoms with Crippen LogP contribution in [0.25, 0.3) is 0 Å². The summed E-state index contributed by atoms with van der Waals surface area (Å²) in [6, 6.07) is -0.254. The zero-order valence-corrected chi connectivity index (χ0v) is 10.6. The third-order valence-electron chi connectivity index (χ3n) is 3.60. The highest BCUT2D eigenvalue weighted by Gasteiger charge is 2.32. The van der Waals surface area contributed by atoms with E-state index in [4.69, 9.17) is 9.84 Å². The van der Waals surface area contributed by atoms with Crippen molar-refractivity contribution in [2.24, 2.45) is 5.92 Å². The van der Waals surface area contributed by atoms with Crippen molar-refractivity contribution in [3.05, 3.63) is 0 Å². The summed E-state index contributed by atoms with van der Waals surface area (Å²) in [4.78, 5) is 24.4. The zero-order chi connectivity index (χ0) is 13.1. The number of rotatable bonds is 3. The van der Waals surface area contributed by atoms with Gasteiger partial charge in [-0.15, -0.1) is 0 Å². The van der Waals surface area contributed by atoms with Crippen molar-refractivity contribution in [1.29, 1.82) is 0 Å². The second-order valence-electron chi connectivity index (χ2n) is 5.24. The lowest BCUT2D eigenvalue weighted by atomic mass is 9.82. The smallest absolute Gasteiger partial charge is 0.318 e. The number of urea groups is 1. The fraction of sp³-hybridized carbons (Fsp3) is 0.833. The summed E-state index contributed by atoms with van der Waals surface area (Å²) in [6.45, 7) is 3.40. The van der Waals surface area contributed by atoms with Gasteiger partial charge in [-0.2, -0.15) is 0 Å². The number of nitrogens with zero attached hydrogens (tertiary/aromatic N) is 1. The van der Waals surface area contributed by atoms with Crippen LogP contribution in [0.4, 0.5) is 4.79 Å². The number of carbonyl (C=O) groups excluding carboxylic acids is 1. The van der Waals surface area contributed by atoms with Crippen LogP contribution in [-0.2, 0) is 9.53 Å². The van der Waals surface area contributed by atoms with E-state index in [1.165, 1.54) is 0 Å². The summed E-state index contributed by atoms with van der Waals surface area (Å²) >= 11 is 0.